The topological polar surface area (TPSA) is 40.5 Å². The second-order valence-electron chi connectivity index (χ2n) is 5.14. The van der Waals surface area contributed by atoms with E-state index in [0.29, 0.717) is 24.7 Å². The van der Waals surface area contributed by atoms with Gasteiger partial charge in [0.2, 0.25) is 0 Å². The Kier molecular flexibility index (Phi) is 4.91. The summed E-state index contributed by atoms with van der Waals surface area (Å²) < 4.78 is 13.7. The molecular weight excluding hydrogens is 245 g/mol. The number of benzene rings is 1. The molecule has 0 amide bonds. The van der Waals surface area contributed by atoms with Crippen LogP contribution < -0.4 is 0 Å². The van der Waals surface area contributed by atoms with E-state index in [1.165, 1.54) is 18.9 Å². The first-order chi connectivity index (χ1) is 9.16. The van der Waals surface area contributed by atoms with E-state index in [2.05, 4.69) is 4.90 Å². The van der Waals surface area contributed by atoms with Gasteiger partial charge in [0.25, 0.3) is 0 Å². The van der Waals surface area contributed by atoms with Crippen molar-refractivity contribution in [1.82, 2.24) is 4.90 Å². The third-order valence-corrected chi connectivity index (χ3v) is 3.79. The molecule has 3 nitrogen and oxygen atoms in total. The number of nitrogens with zero attached hydrogens (tertiary/aromatic N) is 1. The fourth-order valence-corrected chi connectivity index (χ4v) is 2.74. The van der Waals surface area contributed by atoms with Crippen molar-refractivity contribution in [3.63, 3.8) is 0 Å². The van der Waals surface area contributed by atoms with Gasteiger partial charge in [0, 0.05) is 24.7 Å². The summed E-state index contributed by atoms with van der Waals surface area (Å²) in [7, 11) is 0. The predicted octanol–water partition coefficient (Wildman–Crippen LogP) is 3.05. The summed E-state index contributed by atoms with van der Waals surface area (Å²) in [6, 6.07) is 7.13. The van der Waals surface area contributed by atoms with Crippen LogP contribution in [0.3, 0.4) is 0 Å². The van der Waals surface area contributed by atoms with Crippen molar-refractivity contribution in [2.24, 2.45) is 0 Å². The number of carbonyl (C=O) groups is 1. The van der Waals surface area contributed by atoms with E-state index in [9.17, 15) is 9.18 Å². The number of rotatable bonds is 6. The summed E-state index contributed by atoms with van der Waals surface area (Å²) in [5.74, 6) is -1.00. The average Bonchev–Trinajstić information content (AvgIpc) is 2.90. The molecule has 1 fully saturated rings. The van der Waals surface area contributed by atoms with Crippen molar-refractivity contribution >= 4 is 5.97 Å². The molecule has 0 heterocycles. The van der Waals surface area contributed by atoms with Gasteiger partial charge in [-0.3, -0.25) is 9.69 Å². The van der Waals surface area contributed by atoms with Gasteiger partial charge in [-0.2, -0.15) is 0 Å². The molecular formula is C15H20FNO2. The number of aliphatic carboxylic acids is 1. The molecule has 19 heavy (non-hydrogen) atoms. The lowest BCUT2D eigenvalue weighted by Gasteiger charge is -2.28. The van der Waals surface area contributed by atoms with Crippen LogP contribution in [-0.4, -0.2) is 28.6 Å². The Morgan fingerprint density at radius 1 is 1.32 bits per heavy atom. The maximum Gasteiger partial charge on any atom is 0.304 e. The first kappa shape index (κ1) is 14.0. The molecule has 1 aliphatic carbocycles. The molecule has 1 aromatic rings. The van der Waals surface area contributed by atoms with Crippen LogP contribution in [0.25, 0.3) is 0 Å². The monoisotopic (exact) mass is 265 g/mol. The van der Waals surface area contributed by atoms with Gasteiger partial charge >= 0.3 is 5.97 Å². The number of carboxylic acid groups (broad SMARTS) is 1. The zero-order chi connectivity index (χ0) is 13.7. The van der Waals surface area contributed by atoms with Crippen LogP contribution in [0.2, 0.25) is 0 Å². The molecule has 2 rings (SSSR count). The number of halogens is 1. The third kappa shape index (κ3) is 4.03. The SMILES string of the molecule is O=C(O)CCN(Cc1ccccc1F)C1CCCC1. The molecule has 1 saturated carbocycles. The zero-order valence-corrected chi connectivity index (χ0v) is 11.0. The third-order valence-electron chi connectivity index (χ3n) is 3.79. The summed E-state index contributed by atoms with van der Waals surface area (Å²) >= 11 is 0. The van der Waals surface area contributed by atoms with E-state index in [0.717, 1.165) is 12.8 Å². The summed E-state index contributed by atoms with van der Waals surface area (Å²) in [5.41, 5.74) is 0.653. The molecule has 1 aliphatic rings. The first-order valence-corrected chi connectivity index (χ1v) is 6.86. The van der Waals surface area contributed by atoms with Crippen LogP contribution in [0, 0.1) is 5.82 Å². The molecule has 1 aromatic carbocycles. The van der Waals surface area contributed by atoms with Gasteiger partial charge in [-0.15, -0.1) is 0 Å². The Hall–Kier alpha value is -1.42. The number of hydrogen-bond acceptors (Lipinski definition) is 2. The molecule has 0 aliphatic heterocycles. The van der Waals surface area contributed by atoms with E-state index in [1.54, 1.807) is 12.1 Å². The second kappa shape index (κ2) is 6.66. The van der Waals surface area contributed by atoms with E-state index in [-0.39, 0.29) is 12.2 Å². The van der Waals surface area contributed by atoms with Crippen LogP contribution in [0.1, 0.15) is 37.7 Å². The fourth-order valence-electron chi connectivity index (χ4n) is 2.74. The van der Waals surface area contributed by atoms with Gasteiger partial charge < -0.3 is 5.11 Å². The summed E-state index contributed by atoms with van der Waals surface area (Å²) in [6.45, 7) is 0.999. The standard InChI is InChI=1S/C15H20FNO2/c16-14-8-4-1-5-12(14)11-17(10-9-15(18)19)13-6-2-3-7-13/h1,4-5,8,13H,2-3,6-7,9-11H2,(H,18,19). The largest absolute Gasteiger partial charge is 0.481 e. The van der Waals surface area contributed by atoms with Crippen molar-refractivity contribution < 1.29 is 14.3 Å². The highest BCUT2D eigenvalue weighted by Crippen LogP contribution is 2.25. The quantitative estimate of drug-likeness (QED) is 0.859. The predicted molar refractivity (Wildman–Crippen MR) is 71.3 cm³/mol. The minimum Gasteiger partial charge on any atom is -0.481 e. The van der Waals surface area contributed by atoms with Crippen molar-refractivity contribution in [3.8, 4) is 0 Å². The van der Waals surface area contributed by atoms with Gasteiger partial charge in [0.1, 0.15) is 5.82 Å². The molecule has 1 N–H and O–H groups in total. The first-order valence-electron chi connectivity index (χ1n) is 6.86. The summed E-state index contributed by atoms with van der Waals surface area (Å²) in [4.78, 5) is 12.9. The van der Waals surface area contributed by atoms with E-state index < -0.39 is 5.97 Å². The molecule has 0 saturated heterocycles. The highest BCUT2D eigenvalue weighted by molar-refractivity contribution is 5.66. The van der Waals surface area contributed by atoms with Crippen LogP contribution in [0.15, 0.2) is 24.3 Å². The molecule has 0 unspecified atom stereocenters. The Labute approximate surface area is 113 Å². The average molecular weight is 265 g/mol. The highest BCUT2D eigenvalue weighted by Gasteiger charge is 2.23. The van der Waals surface area contributed by atoms with Crippen LogP contribution in [0.5, 0.6) is 0 Å². The Bertz CT molecular complexity index is 430. The molecule has 4 heteroatoms. The molecule has 104 valence electrons. The van der Waals surface area contributed by atoms with Gasteiger partial charge in [0.15, 0.2) is 0 Å². The molecule has 0 aromatic heterocycles. The normalized spacial score (nSPS) is 16.1. The van der Waals surface area contributed by atoms with Crippen LogP contribution in [-0.2, 0) is 11.3 Å². The second-order valence-corrected chi connectivity index (χ2v) is 5.14. The van der Waals surface area contributed by atoms with Crippen LogP contribution in [0.4, 0.5) is 4.39 Å². The van der Waals surface area contributed by atoms with Crippen LogP contribution >= 0.6 is 0 Å². The lowest BCUT2D eigenvalue weighted by molar-refractivity contribution is -0.137. The molecule has 0 spiro atoms. The summed E-state index contributed by atoms with van der Waals surface area (Å²) in [6.07, 6.45) is 4.67. The van der Waals surface area contributed by atoms with Crippen molar-refractivity contribution in [2.75, 3.05) is 6.54 Å². The maximum absolute atomic E-state index is 13.7. The Balaban J connectivity index is 2.04. The lowest BCUT2D eigenvalue weighted by Crippen LogP contribution is -2.34. The van der Waals surface area contributed by atoms with E-state index in [1.807, 2.05) is 6.07 Å². The fraction of sp³-hybridized carbons (Fsp3) is 0.533. The van der Waals surface area contributed by atoms with E-state index in [4.69, 9.17) is 5.11 Å². The zero-order valence-electron chi connectivity index (χ0n) is 11.0. The Morgan fingerprint density at radius 3 is 2.63 bits per heavy atom. The van der Waals surface area contributed by atoms with E-state index >= 15 is 0 Å². The molecule has 0 bridgehead atoms. The van der Waals surface area contributed by atoms with Gasteiger partial charge in [-0.05, 0) is 18.9 Å². The maximum atomic E-state index is 13.7. The molecule has 0 atom stereocenters. The van der Waals surface area contributed by atoms with Gasteiger partial charge in [0.05, 0.1) is 6.42 Å². The highest BCUT2D eigenvalue weighted by atomic mass is 19.1. The van der Waals surface area contributed by atoms with Crippen molar-refractivity contribution in [1.29, 1.82) is 0 Å². The minimum absolute atomic E-state index is 0.116. The number of hydrogen-bond donors (Lipinski definition) is 1. The van der Waals surface area contributed by atoms with Crippen molar-refractivity contribution in [3.05, 3.63) is 35.6 Å². The minimum atomic E-state index is -0.795. The summed E-state index contributed by atoms with van der Waals surface area (Å²) in [5, 5.41) is 8.83. The smallest absolute Gasteiger partial charge is 0.304 e. The van der Waals surface area contributed by atoms with Gasteiger partial charge in [-0.1, -0.05) is 31.0 Å². The van der Waals surface area contributed by atoms with Crippen molar-refractivity contribution in [2.45, 2.75) is 44.7 Å². The number of carboxylic acids is 1. The molecule has 0 radical (unpaired) electrons. The van der Waals surface area contributed by atoms with Gasteiger partial charge in [-0.25, -0.2) is 4.39 Å². The Morgan fingerprint density at radius 2 is 2.00 bits per heavy atom. The lowest BCUT2D eigenvalue weighted by atomic mass is 10.1.